The maximum atomic E-state index is 11.6. The van der Waals surface area contributed by atoms with Crippen molar-refractivity contribution in [1.29, 1.82) is 0 Å². The van der Waals surface area contributed by atoms with Crippen molar-refractivity contribution >= 4 is 5.78 Å². The van der Waals surface area contributed by atoms with Crippen LogP contribution in [0.1, 0.15) is 24.0 Å². The van der Waals surface area contributed by atoms with Crippen LogP contribution in [0.5, 0.6) is 5.75 Å². The minimum Gasteiger partial charge on any atom is -0.489 e. The number of hydrogen-bond donors (Lipinski definition) is 1. The molecule has 1 saturated carbocycles. The monoisotopic (exact) mass is 323 g/mol. The summed E-state index contributed by atoms with van der Waals surface area (Å²) in [6, 6.07) is 17.6. The fourth-order valence-electron chi connectivity index (χ4n) is 2.34. The Bertz CT molecular complexity index is 691. The Morgan fingerprint density at radius 1 is 1.08 bits per heavy atom. The molecule has 1 fully saturated rings. The van der Waals surface area contributed by atoms with Gasteiger partial charge in [-0.05, 0) is 42.2 Å². The van der Waals surface area contributed by atoms with E-state index in [1.165, 1.54) is 12.3 Å². The predicted molar refractivity (Wildman–Crippen MR) is 91.4 cm³/mol. The molecule has 24 heavy (non-hydrogen) atoms. The number of nitrogens with zero attached hydrogens (tertiary/aromatic N) is 1. The number of carbonyl (C=O) groups is 1. The first-order chi connectivity index (χ1) is 11.7. The molecule has 1 aliphatic rings. The van der Waals surface area contributed by atoms with Crippen LogP contribution in [0.15, 0.2) is 66.9 Å². The lowest BCUT2D eigenvalue weighted by Crippen LogP contribution is -2.12. The van der Waals surface area contributed by atoms with E-state index in [0.29, 0.717) is 13.2 Å². The number of ketones is 1. The molecule has 3 rings (SSSR count). The molecule has 0 bridgehead atoms. The summed E-state index contributed by atoms with van der Waals surface area (Å²) in [5.74, 6) is 1.06. The number of hydroxylamine groups is 2. The summed E-state index contributed by atoms with van der Waals surface area (Å²) < 4.78 is 5.73. The lowest BCUT2D eigenvalue weighted by molar-refractivity contribution is -0.116. The molecule has 2 aromatic rings. The summed E-state index contributed by atoms with van der Waals surface area (Å²) >= 11 is 0. The fraction of sp³-hybridized carbons (Fsp3) is 0.250. The standard InChI is InChI=1S/C20H21NO3/c22-20(18-8-9-18)12-13-21(23)14-16-6-10-19(11-7-16)24-15-17-4-2-1-3-5-17/h1-7,10-13,18,23H,8-9,14-15H2/b13-12-. The van der Waals surface area contributed by atoms with Crippen molar-refractivity contribution < 1.29 is 14.7 Å². The highest BCUT2D eigenvalue weighted by Crippen LogP contribution is 2.30. The van der Waals surface area contributed by atoms with Crippen LogP contribution in [0.3, 0.4) is 0 Å². The third kappa shape index (κ3) is 4.96. The van der Waals surface area contributed by atoms with E-state index in [2.05, 4.69) is 0 Å². The highest BCUT2D eigenvalue weighted by Gasteiger charge is 2.27. The van der Waals surface area contributed by atoms with Gasteiger partial charge in [0.15, 0.2) is 5.78 Å². The molecule has 1 N–H and O–H groups in total. The van der Waals surface area contributed by atoms with Gasteiger partial charge >= 0.3 is 0 Å². The molecule has 124 valence electrons. The van der Waals surface area contributed by atoms with E-state index < -0.39 is 0 Å². The maximum Gasteiger partial charge on any atom is 0.160 e. The molecule has 0 saturated heterocycles. The third-order valence-electron chi connectivity index (χ3n) is 3.91. The Morgan fingerprint density at radius 3 is 2.46 bits per heavy atom. The molecule has 0 radical (unpaired) electrons. The molecule has 4 nitrogen and oxygen atoms in total. The van der Waals surface area contributed by atoms with Crippen LogP contribution in [0, 0.1) is 5.92 Å². The van der Waals surface area contributed by atoms with Gasteiger partial charge in [-0.15, -0.1) is 0 Å². The summed E-state index contributed by atoms with van der Waals surface area (Å²) in [6.45, 7) is 0.853. The van der Waals surface area contributed by atoms with E-state index in [1.54, 1.807) is 0 Å². The molecule has 0 spiro atoms. The summed E-state index contributed by atoms with van der Waals surface area (Å²) in [7, 11) is 0. The summed E-state index contributed by atoms with van der Waals surface area (Å²) in [4.78, 5) is 11.6. The van der Waals surface area contributed by atoms with Gasteiger partial charge in [-0.2, -0.15) is 0 Å². The molecule has 2 aromatic carbocycles. The van der Waals surface area contributed by atoms with E-state index in [1.807, 2.05) is 54.6 Å². The molecule has 0 unspecified atom stereocenters. The molecule has 1 aliphatic carbocycles. The maximum absolute atomic E-state index is 11.6. The number of rotatable bonds is 8. The first-order valence-corrected chi connectivity index (χ1v) is 8.14. The topological polar surface area (TPSA) is 49.8 Å². The summed E-state index contributed by atoms with van der Waals surface area (Å²) in [5.41, 5.74) is 2.06. The van der Waals surface area contributed by atoms with Gasteiger partial charge in [0.1, 0.15) is 12.4 Å². The van der Waals surface area contributed by atoms with Gasteiger partial charge in [-0.3, -0.25) is 15.1 Å². The van der Waals surface area contributed by atoms with Crippen LogP contribution in [0.4, 0.5) is 0 Å². The normalized spacial score (nSPS) is 13.9. The Morgan fingerprint density at radius 2 is 1.79 bits per heavy atom. The van der Waals surface area contributed by atoms with Crippen molar-refractivity contribution in [3.05, 3.63) is 78.0 Å². The SMILES string of the molecule is O=C(/C=C\N(O)Cc1ccc(OCc2ccccc2)cc1)C1CC1. The Hall–Kier alpha value is -2.59. The average molecular weight is 323 g/mol. The zero-order chi connectivity index (χ0) is 16.8. The van der Waals surface area contributed by atoms with Gasteiger partial charge in [0.05, 0.1) is 6.54 Å². The fourth-order valence-corrected chi connectivity index (χ4v) is 2.34. The first kappa shape index (κ1) is 16.3. The van der Waals surface area contributed by atoms with E-state index >= 15 is 0 Å². The number of carbonyl (C=O) groups excluding carboxylic acids is 1. The van der Waals surface area contributed by atoms with Crippen molar-refractivity contribution in [2.75, 3.05) is 0 Å². The Labute approximate surface area is 141 Å². The average Bonchev–Trinajstić information content (AvgIpc) is 3.45. The van der Waals surface area contributed by atoms with Gasteiger partial charge in [-0.1, -0.05) is 42.5 Å². The number of allylic oxidation sites excluding steroid dienone is 1. The highest BCUT2D eigenvalue weighted by atomic mass is 16.5. The van der Waals surface area contributed by atoms with Gasteiger partial charge in [0.25, 0.3) is 0 Å². The minimum absolute atomic E-state index is 0.0960. The summed E-state index contributed by atoms with van der Waals surface area (Å²) in [6.07, 6.45) is 4.83. The smallest absolute Gasteiger partial charge is 0.160 e. The lowest BCUT2D eigenvalue weighted by atomic mass is 10.2. The molecule has 0 aliphatic heterocycles. The second-order valence-corrected chi connectivity index (χ2v) is 6.01. The number of benzene rings is 2. The highest BCUT2D eigenvalue weighted by molar-refractivity contribution is 5.93. The van der Waals surface area contributed by atoms with Crippen LogP contribution in [-0.2, 0) is 17.9 Å². The molecule has 0 atom stereocenters. The van der Waals surface area contributed by atoms with Crippen molar-refractivity contribution in [2.45, 2.75) is 26.0 Å². The molecular formula is C20H21NO3. The lowest BCUT2D eigenvalue weighted by Gasteiger charge is -2.12. The first-order valence-electron chi connectivity index (χ1n) is 8.14. The van der Waals surface area contributed by atoms with Gasteiger partial charge in [0.2, 0.25) is 0 Å². The molecular weight excluding hydrogens is 302 g/mol. The van der Waals surface area contributed by atoms with E-state index in [0.717, 1.165) is 34.8 Å². The van der Waals surface area contributed by atoms with E-state index in [-0.39, 0.29) is 11.7 Å². The van der Waals surface area contributed by atoms with Crippen molar-refractivity contribution in [1.82, 2.24) is 5.06 Å². The van der Waals surface area contributed by atoms with Gasteiger partial charge in [-0.25, -0.2) is 0 Å². The third-order valence-corrected chi connectivity index (χ3v) is 3.91. The Kier molecular flexibility index (Phi) is 5.29. The minimum atomic E-state index is 0.0960. The zero-order valence-corrected chi connectivity index (χ0v) is 13.5. The van der Waals surface area contributed by atoms with Gasteiger partial charge in [0, 0.05) is 12.1 Å². The van der Waals surface area contributed by atoms with Crippen LogP contribution in [-0.4, -0.2) is 16.1 Å². The van der Waals surface area contributed by atoms with Crippen LogP contribution >= 0.6 is 0 Å². The zero-order valence-electron chi connectivity index (χ0n) is 13.5. The van der Waals surface area contributed by atoms with Crippen molar-refractivity contribution in [2.24, 2.45) is 5.92 Å². The van der Waals surface area contributed by atoms with Gasteiger partial charge < -0.3 is 4.74 Å². The summed E-state index contributed by atoms with van der Waals surface area (Å²) in [5, 5.41) is 10.9. The van der Waals surface area contributed by atoms with Crippen molar-refractivity contribution in [3.8, 4) is 5.75 Å². The molecule has 4 heteroatoms. The Balaban J connectivity index is 1.47. The second-order valence-electron chi connectivity index (χ2n) is 6.01. The van der Waals surface area contributed by atoms with Crippen LogP contribution < -0.4 is 4.74 Å². The largest absolute Gasteiger partial charge is 0.489 e. The molecule has 0 amide bonds. The molecule has 0 aromatic heterocycles. The van der Waals surface area contributed by atoms with E-state index in [4.69, 9.17) is 4.74 Å². The van der Waals surface area contributed by atoms with E-state index in [9.17, 15) is 10.0 Å². The number of ether oxygens (including phenoxy) is 1. The molecule has 0 heterocycles. The van der Waals surface area contributed by atoms with Crippen LogP contribution in [0.2, 0.25) is 0 Å². The second kappa shape index (κ2) is 7.79. The van der Waals surface area contributed by atoms with Crippen LogP contribution in [0.25, 0.3) is 0 Å². The van der Waals surface area contributed by atoms with Crippen molar-refractivity contribution in [3.63, 3.8) is 0 Å². The number of hydrogen-bond acceptors (Lipinski definition) is 4. The predicted octanol–water partition coefficient (Wildman–Crippen LogP) is 3.95. The quantitative estimate of drug-likeness (QED) is 0.590.